The lowest BCUT2D eigenvalue weighted by molar-refractivity contribution is 0.353. The minimum absolute atomic E-state index is 0.242. The Balaban J connectivity index is 1.82. The summed E-state index contributed by atoms with van der Waals surface area (Å²) in [6.07, 6.45) is 5.08. The second-order valence-electron chi connectivity index (χ2n) is 5.27. The van der Waals surface area contributed by atoms with Crippen molar-refractivity contribution >= 4 is 5.69 Å². The SMILES string of the molecule is COc1ncc(-c2cncc(NCc3cccc(O)c3)c2)c(OC)n1. The lowest BCUT2D eigenvalue weighted by Crippen LogP contribution is -2.01. The summed E-state index contributed by atoms with van der Waals surface area (Å²) in [7, 11) is 3.05. The molecular weight excluding hydrogens is 320 g/mol. The number of hydrogen-bond acceptors (Lipinski definition) is 7. The quantitative estimate of drug-likeness (QED) is 0.714. The van der Waals surface area contributed by atoms with Gasteiger partial charge in [-0.05, 0) is 23.8 Å². The third-order valence-corrected chi connectivity index (χ3v) is 3.56. The first-order valence-electron chi connectivity index (χ1n) is 7.62. The maximum atomic E-state index is 9.53. The van der Waals surface area contributed by atoms with E-state index in [1.807, 2.05) is 12.1 Å². The van der Waals surface area contributed by atoms with E-state index >= 15 is 0 Å². The van der Waals surface area contributed by atoms with E-state index in [9.17, 15) is 5.11 Å². The van der Waals surface area contributed by atoms with Crippen LogP contribution in [0.3, 0.4) is 0 Å². The van der Waals surface area contributed by atoms with Gasteiger partial charge in [-0.25, -0.2) is 4.98 Å². The normalized spacial score (nSPS) is 10.3. The van der Waals surface area contributed by atoms with Crippen LogP contribution in [0.4, 0.5) is 5.69 Å². The van der Waals surface area contributed by atoms with Crippen molar-refractivity contribution in [3.8, 4) is 28.8 Å². The summed E-state index contributed by atoms with van der Waals surface area (Å²) in [6, 6.07) is 9.27. The van der Waals surface area contributed by atoms with Crippen LogP contribution in [0, 0.1) is 0 Å². The molecule has 2 N–H and O–H groups in total. The van der Waals surface area contributed by atoms with Crippen molar-refractivity contribution in [1.82, 2.24) is 15.0 Å². The Morgan fingerprint density at radius 3 is 2.72 bits per heavy atom. The van der Waals surface area contributed by atoms with Gasteiger partial charge in [0.15, 0.2) is 0 Å². The number of hydrogen-bond donors (Lipinski definition) is 2. The number of nitrogens with zero attached hydrogens (tertiary/aromatic N) is 3. The van der Waals surface area contributed by atoms with Crippen molar-refractivity contribution in [3.05, 3.63) is 54.5 Å². The number of phenolic OH excluding ortho intramolecular Hbond substituents is 1. The second kappa shape index (κ2) is 7.48. The van der Waals surface area contributed by atoms with E-state index in [0.717, 1.165) is 22.4 Å². The van der Waals surface area contributed by atoms with Gasteiger partial charge in [-0.15, -0.1) is 0 Å². The molecule has 128 valence electrons. The molecule has 0 saturated heterocycles. The highest BCUT2D eigenvalue weighted by atomic mass is 16.5. The predicted molar refractivity (Wildman–Crippen MR) is 93.8 cm³/mol. The van der Waals surface area contributed by atoms with Crippen LogP contribution in [0.25, 0.3) is 11.1 Å². The van der Waals surface area contributed by atoms with E-state index in [2.05, 4.69) is 20.3 Å². The zero-order chi connectivity index (χ0) is 17.6. The number of pyridine rings is 1. The molecule has 0 unspecified atom stereocenters. The van der Waals surface area contributed by atoms with Crippen LogP contribution in [0.15, 0.2) is 48.9 Å². The number of aromatic hydroxyl groups is 1. The highest BCUT2D eigenvalue weighted by Gasteiger charge is 2.11. The van der Waals surface area contributed by atoms with Gasteiger partial charge < -0.3 is 19.9 Å². The second-order valence-corrected chi connectivity index (χ2v) is 5.27. The minimum Gasteiger partial charge on any atom is -0.508 e. The smallest absolute Gasteiger partial charge is 0.319 e. The summed E-state index contributed by atoms with van der Waals surface area (Å²) >= 11 is 0. The average Bonchev–Trinajstić information content (AvgIpc) is 2.66. The molecule has 0 aliphatic carbocycles. The first kappa shape index (κ1) is 16.5. The van der Waals surface area contributed by atoms with E-state index < -0.39 is 0 Å². The molecule has 7 heteroatoms. The Labute approximate surface area is 145 Å². The van der Waals surface area contributed by atoms with Gasteiger partial charge in [0.25, 0.3) is 0 Å². The van der Waals surface area contributed by atoms with Crippen LogP contribution in [-0.2, 0) is 6.54 Å². The van der Waals surface area contributed by atoms with Crippen LogP contribution in [0.2, 0.25) is 0 Å². The van der Waals surface area contributed by atoms with E-state index in [1.165, 1.54) is 7.11 Å². The number of ether oxygens (including phenoxy) is 2. The average molecular weight is 338 g/mol. The highest BCUT2D eigenvalue weighted by molar-refractivity contribution is 5.70. The summed E-state index contributed by atoms with van der Waals surface area (Å²) < 4.78 is 10.3. The molecule has 0 bridgehead atoms. The van der Waals surface area contributed by atoms with Gasteiger partial charge in [-0.2, -0.15) is 4.98 Å². The predicted octanol–water partition coefficient (Wildman–Crippen LogP) is 2.87. The molecule has 0 amide bonds. The molecule has 0 saturated carbocycles. The fourth-order valence-electron chi connectivity index (χ4n) is 2.36. The molecule has 3 rings (SSSR count). The number of phenols is 1. The Kier molecular flexibility index (Phi) is 4.94. The van der Waals surface area contributed by atoms with Crippen LogP contribution >= 0.6 is 0 Å². The highest BCUT2D eigenvalue weighted by Crippen LogP contribution is 2.29. The van der Waals surface area contributed by atoms with Crippen LogP contribution in [0.5, 0.6) is 17.6 Å². The van der Waals surface area contributed by atoms with Gasteiger partial charge in [-0.3, -0.25) is 4.98 Å². The Bertz CT molecular complexity index is 870. The van der Waals surface area contributed by atoms with Crippen molar-refractivity contribution in [1.29, 1.82) is 0 Å². The molecule has 0 aliphatic rings. The van der Waals surface area contributed by atoms with E-state index in [0.29, 0.717) is 12.4 Å². The zero-order valence-electron chi connectivity index (χ0n) is 13.9. The van der Waals surface area contributed by atoms with Gasteiger partial charge in [-0.1, -0.05) is 12.1 Å². The Hall–Kier alpha value is -3.35. The van der Waals surface area contributed by atoms with Gasteiger partial charge in [0.05, 0.1) is 25.5 Å². The lowest BCUT2D eigenvalue weighted by atomic mass is 10.1. The fraction of sp³-hybridized carbons (Fsp3) is 0.167. The van der Waals surface area contributed by atoms with Crippen LogP contribution < -0.4 is 14.8 Å². The third kappa shape index (κ3) is 3.95. The van der Waals surface area contributed by atoms with Crippen molar-refractivity contribution < 1.29 is 14.6 Å². The Morgan fingerprint density at radius 2 is 1.96 bits per heavy atom. The van der Waals surface area contributed by atoms with E-state index in [-0.39, 0.29) is 11.8 Å². The monoisotopic (exact) mass is 338 g/mol. The fourth-order valence-corrected chi connectivity index (χ4v) is 2.36. The Morgan fingerprint density at radius 1 is 1.08 bits per heavy atom. The lowest BCUT2D eigenvalue weighted by Gasteiger charge is -2.11. The molecule has 2 aromatic heterocycles. The minimum atomic E-state index is 0.242. The van der Waals surface area contributed by atoms with Gasteiger partial charge in [0.2, 0.25) is 5.88 Å². The van der Waals surface area contributed by atoms with Gasteiger partial charge in [0, 0.05) is 30.7 Å². The maximum absolute atomic E-state index is 9.53. The number of benzene rings is 1. The summed E-state index contributed by atoms with van der Waals surface area (Å²) in [5.74, 6) is 0.657. The van der Waals surface area contributed by atoms with Crippen molar-refractivity contribution in [3.63, 3.8) is 0 Å². The number of methoxy groups -OCH3 is 2. The topological polar surface area (TPSA) is 89.4 Å². The third-order valence-electron chi connectivity index (χ3n) is 3.56. The standard InChI is InChI=1S/C18H18N4O3/c1-24-17-16(11-21-18(22-17)25-2)13-7-14(10-19-9-13)20-8-12-4-3-5-15(23)6-12/h3-7,9-11,20,23H,8H2,1-2H3. The van der Waals surface area contributed by atoms with Crippen molar-refractivity contribution in [2.75, 3.05) is 19.5 Å². The first-order chi connectivity index (χ1) is 12.2. The molecule has 0 fully saturated rings. The summed E-state index contributed by atoms with van der Waals surface area (Å²) in [4.78, 5) is 12.6. The number of rotatable bonds is 6. The van der Waals surface area contributed by atoms with Crippen molar-refractivity contribution in [2.24, 2.45) is 0 Å². The van der Waals surface area contributed by atoms with Crippen molar-refractivity contribution in [2.45, 2.75) is 6.54 Å². The molecule has 7 nitrogen and oxygen atoms in total. The molecule has 3 aromatic rings. The largest absolute Gasteiger partial charge is 0.508 e. The number of anilines is 1. The van der Waals surface area contributed by atoms with Gasteiger partial charge >= 0.3 is 6.01 Å². The molecule has 0 atom stereocenters. The number of aromatic nitrogens is 3. The molecule has 0 radical (unpaired) electrons. The number of nitrogens with one attached hydrogen (secondary N) is 1. The summed E-state index contributed by atoms with van der Waals surface area (Å²) in [5, 5.41) is 12.8. The molecular formula is C18H18N4O3. The molecule has 2 heterocycles. The molecule has 1 aromatic carbocycles. The molecule has 0 spiro atoms. The van der Waals surface area contributed by atoms with Crippen LogP contribution in [-0.4, -0.2) is 34.3 Å². The first-order valence-corrected chi connectivity index (χ1v) is 7.62. The van der Waals surface area contributed by atoms with Gasteiger partial charge in [0.1, 0.15) is 5.75 Å². The van der Waals surface area contributed by atoms with E-state index in [1.54, 1.807) is 43.9 Å². The maximum Gasteiger partial charge on any atom is 0.319 e. The van der Waals surface area contributed by atoms with Crippen LogP contribution in [0.1, 0.15) is 5.56 Å². The summed E-state index contributed by atoms with van der Waals surface area (Å²) in [6.45, 7) is 0.565. The zero-order valence-corrected chi connectivity index (χ0v) is 13.9. The molecule has 0 aliphatic heterocycles. The van der Waals surface area contributed by atoms with E-state index in [4.69, 9.17) is 9.47 Å². The summed E-state index contributed by atoms with van der Waals surface area (Å²) in [5.41, 5.74) is 3.34. The molecule has 25 heavy (non-hydrogen) atoms.